The molecule has 0 amide bonds. The molecular weight excluding hydrogens is 240 g/mol. The molecule has 19 heavy (non-hydrogen) atoms. The molecule has 0 radical (unpaired) electrons. The van der Waals surface area contributed by atoms with Crippen LogP contribution in [0.5, 0.6) is 0 Å². The Morgan fingerprint density at radius 1 is 0.947 bits per heavy atom. The van der Waals surface area contributed by atoms with Crippen LogP contribution in [0.25, 0.3) is 0 Å². The lowest BCUT2D eigenvalue weighted by Crippen LogP contribution is -2.28. The zero-order chi connectivity index (χ0) is 13.1. The maximum atomic E-state index is 11.5. The van der Waals surface area contributed by atoms with Gasteiger partial charge in [-0.1, -0.05) is 60.7 Å². The zero-order valence-electron chi connectivity index (χ0n) is 10.4. The Morgan fingerprint density at radius 3 is 2.16 bits per heavy atom. The highest BCUT2D eigenvalue weighted by Crippen LogP contribution is 2.38. The van der Waals surface area contributed by atoms with Crippen LogP contribution in [0.1, 0.15) is 17.5 Å². The molecular formula is C16H14O3. The number of carbonyl (C=O) groups is 1. The van der Waals surface area contributed by atoms with Gasteiger partial charge >= 0.3 is 5.97 Å². The first kappa shape index (κ1) is 11.9. The van der Waals surface area contributed by atoms with Crippen LogP contribution in [0, 0.1) is 0 Å². The molecule has 1 heterocycles. The summed E-state index contributed by atoms with van der Waals surface area (Å²) in [5, 5.41) is 0. The Labute approximate surface area is 111 Å². The van der Waals surface area contributed by atoms with E-state index in [1.54, 1.807) is 0 Å². The fourth-order valence-corrected chi connectivity index (χ4v) is 2.43. The van der Waals surface area contributed by atoms with Crippen LogP contribution in [0.15, 0.2) is 60.7 Å². The van der Waals surface area contributed by atoms with Crippen molar-refractivity contribution in [1.29, 1.82) is 0 Å². The monoisotopic (exact) mass is 254 g/mol. The van der Waals surface area contributed by atoms with Crippen molar-refractivity contribution in [2.45, 2.75) is 18.4 Å². The molecule has 0 N–H and O–H groups in total. The maximum absolute atomic E-state index is 11.5. The minimum atomic E-state index is -0.709. The first-order chi connectivity index (χ1) is 9.28. The lowest BCUT2D eigenvalue weighted by molar-refractivity contribution is -0.298. The third-order valence-corrected chi connectivity index (χ3v) is 3.36. The van der Waals surface area contributed by atoms with Gasteiger partial charge < -0.3 is 0 Å². The van der Waals surface area contributed by atoms with Crippen LogP contribution in [0.2, 0.25) is 0 Å². The zero-order valence-corrected chi connectivity index (χ0v) is 10.4. The molecule has 3 heteroatoms. The second-order valence-corrected chi connectivity index (χ2v) is 4.74. The van der Waals surface area contributed by atoms with Crippen molar-refractivity contribution in [2.24, 2.45) is 0 Å². The number of benzene rings is 2. The van der Waals surface area contributed by atoms with Gasteiger partial charge in [-0.3, -0.25) is 4.89 Å². The third-order valence-electron chi connectivity index (χ3n) is 3.36. The van der Waals surface area contributed by atoms with Crippen molar-refractivity contribution in [2.75, 3.05) is 0 Å². The summed E-state index contributed by atoms with van der Waals surface area (Å²) >= 11 is 0. The maximum Gasteiger partial charge on any atom is 0.345 e. The highest BCUT2D eigenvalue weighted by atomic mass is 17.2. The van der Waals surface area contributed by atoms with Gasteiger partial charge in [-0.15, -0.1) is 0 Å². The summed E-state index contributed by atoms with van der Waals surface area (Å²) in [6.07, 6.45) is 0.857. The van der Waals surface area contributed by atoms with Crippen molar-refractivity contribution in [3.05, 3.63) is 71.8 Å². The molecule has 1 unspecified atom stereocenters. The molecule has 1 saturated heterocycles. The summed E-state index contributed by atoms with van der Waals surface area (Å²) in [7, 11) is 0. The quantitative estimate of drug-likeness (QED) is 0.790. The van der Waals surface area contributed by atoms with Gasteiger partial charge in [0.15, 0.2) is 5.60 Å². The van der Waals surface area contributed by atoms with Crippen molar-refractivity contribution in [3.8, 4) is 0 Å². The molecule has 1 aliphatic rings. The fraction of sp³-hybridized carbons (Fsp3) is 0.188. The highest BCUT2D eigenvalue weighted by molar-refractivity contribution is 5.72. The lowest BCUT2D eigenvalue weighted by Gasteiger charge is -2.24. The Bertz CT molecular complexity index is 565. The molecule has 0 bridgehead atoms. The van der Waals surface area contributed by atoms with Crippen LogP contribution in [0.3, 0.4) is 0 Å². The van der Waals surface area contributed by atoms with Gasteiger partial charge in [0.25, 0.3) is 0 Å². The minimum absolute atomic E-state index is 0.242. The molecule has 0 spiro atoms. The van der Waals surface area contributed by atoms with E-state index in [9.17, 15) is 4.79 Å². The van der Waals surface area contributed by atoms with E-state index in [-0.39, 0.29) is 12.4 Å². The normalized spacial score (nSPS) is 22.2. The van der Waals surface area contributed by atoms with Crippen LogP contribution < -0.4 is 0 Å². The third kappa shape index (κ3) is 2.37. The van der Waals surface area contributed by atoms with Gasteiger partial charge in [0.1, 0.15) is 0 Å². The fourth-order valence-electron chi connectivity index (χ4n) is 2.43. The lowest BCUT2D eigenvalue weighted by atomic mass is 9.85. The molecule has 96 valence electrons. The number of hydrogen-bond acceptors (Lipinski definition) is 3. The first-order valence-electron chi connectivity index (χ1n) is 6.26. The Hall–Kier alpha value is -2.13. The first-order valence-corrected chi connectivity index (χ1v) is 6.26. The summed E-state index contributed by atoms with van der Waals surface area (Å²) in [6.45, 7) is 0. The second kappa shape index (κ2) is 4.86. The van der Waals surface area contributed by atoms with E-state index in [0.29, 0.717) is 6.42 Å². The summed E-state index contributed by atoms with van der Waals surface area (Å²) in [4.78, 5) is 21.6. The van der Waals surface area contributed by atoms with E-state index in [0.717, 1.165) is 11.1 Å². The molecule has 1 fully saturated rings. The molecule has 0 aromatic heterocycles. The highest BCUT2D eigenvalue weighted by Gasteiger charge is 2.44. The number of carbonyl (C=O) groups excluding carboxylic acids is 1. The molecule has 0 aliphatic carbocycles. The molecule has 2 aromatic carbocycles. The predicted octanol–water partition coefficient (Wildman–Crippen LogP) is 3.00. The Balaban J connectivity index is 1.96. The summed E-state index contributed by atoms with van der Waals surface area (Å²) < 4.78 is 0. The van der Waals surface area contributed by atoms with E-state index < -0.39 is 5.60 Å². The summed E-state index contributed by atoms with van der Waals surface area (Å²) in [5.74, 6) is -0.320. The van der Waals surface area contributed by atoms with Gasteiger partial charge in [0, 0.05) is 6.42 Å². The average molecular weight is 254 g/mol. The smallest absolute Gasteiger partial charge is 0.297 e. The molecule has 3 rings (SSSR count). The summed E-state index contributed by atoms with van der Waals surface area (Å²) in [5.41, 5.74) is 1.37. The van der Waals surface area contributed by atoms with Crippen molar-refractivity contribution >= 4 is 5.97 Å². The van der Waals surface area contributed by atoms with Gasteiger partial charge in [-0.2, -0.15) is 4.89 Å². The molecule has 1 aliphatic heterocycles. The van der Waals surface area contributed by atoms with E-state index in [2.05, 4.69) is 0 Å². The Kier molecular flexibility index (Phi) is 3.05. The molecule has 3 nitrogen and oxygen atoms in total. The topological polar surface area (TPSA) is 35.5 Å². The van der Waals surface area contributed by atoms with E-state index >= 15 is 0 Å². The average Bonchev–Trinajstić information content (AvgIpc) is 2.83. The number of rotatable bonds is 3. The Morgan fingerprint density at radius 2 is 1.58 bits per heavy atom. The second-order valence-electron chi connectivity index (χ2n) is 4.74. The van der Waals surface area contributed by atoms with Crippen molar-refractivity contribution in [3.63, 3.8) is 0 Å². The van der Waals surface area contributed by atoms with Gasteiger partial charge in [-0.05, 0) is 11.1 Å². The van der Waals surface area contributed by atoms with Crippen LogP contribution in [-0.2, 0) is 26.6 Å². The summed E-state index contributed by atoms with van der Waals surface area (Å²) in [6, 6.07) is 19.7. The van der Waals surface area contributed by atoms with Crippen molar-refractivity contribution in [1.82, 2.24) is 0 Å². The van der Waals surface area contributed by atoms with E-state index in [1.807, 2.05) is 60.7 Å². The van der Waals surface area contributed by atoms with Crippen LogP contribution in [0.4, 0.5) is 0 Å². The standard InChI is InChI=1S/C16H14O3/c17-15-12-16(19-18-15,14-9-5-2-6-10-14)11-13-7-3-1-4-8-13/h1-10H,11-12H2. The van der Waals surface area contributed by atoms with Gasteiger partial charge in [-0.25, -0.2) is 4.79 Å². The van der Waals surface area contributed by atoms with E-state index in [4.69, 9.17) is 9.78 Å². The van der Waals surface area contributed by atoms with Gasteiger partial charge in [0.05, 0.1) is 6.42 Å². The van der Waals surface area contributed by atoms with E-state index in [1.165, 1.54) is 0 Å². The van der Waals surface area contributed by atoms with Gasteiger partial charge in [0.2, 0.25) is 0 Å². The minimum Gasteiger partial charge on any atom is -0.297 e. The largest absolute Gasteiger partial charge is 0.345 e. The SMILES string of the molecule is O=C1CC(Cc2ccccc2)(c2ccccc2)OO1. The van der Waals surface area contributed by atoms with Crippen molar-refractivity contribution < 1.29 is 14.6 Å². The number of hydrogen-bond donors (Lipinski definition) is 0. The predicted molar refractivity (Wildman–Crippen MR) is 70.1 cm³/mol. The molecule has 0 saturated carbocycles. The van der Waals surface area contributed by atoms with Crippen LogP contribution >= 0.6 is 0 Å². The molecule has 2 aromatic rings. The van der Waals surface area contributed by atoms with Crippen LogP contribution in [-0.4, -0.2) is 5.97 Å². The molecule has 1 atom stereocenters.